The van der Waals surface area contributed by atoms with Crippen LogP contribution in [0.2, 0.25) is 0 Å². The lowest BCUT2D eigenvalue weighted by molar-refractivity contribution is 0.0948. The number of H-pyrrole nitrogens is 1. The normalized spacial score (nSPS) is 13.4. The first-order chi connectivity index (χ1) is 15.0. The summed E-state index contributed by atoms with van der Waals surface area (Å²) in [5, 5.41) is 18.9. The number of amides is 1. The maximum Gasteiger partial charge on any atom is 0.255 e. The first kappa shape index (κ1) is 19.1. The summed E-state index contributed by atoms with van der Waals surface area (Å²) in [6, 6.07) is 9.74. The largest absolute Gasteiger partial charge is 0.496 e. The summed E-state index contributed by atoms with van der Waals surface area (Å²) < 4.78 is 7.15. The third-order valence-corrected chi connectivity index (χ3v) is 5.41. The Balaban J connectivity index is 1.43. The fourth-order valence-corrected chi connectivity index (χ4v) is 3.48. The van der Waals surface area contributed by atoms with Gasteiger partial charge in [0.15, 0.2) is 5.82 Å². The van der Waals surface area contributed by atoms with Crippen LogP contribution in [0.1, 0.15) is 28.8 Å². The van der Waals surface area contributed by atoms with E-state index in [4.69, 9.17) is 4.74 Å². The second kappa shape index (κ2) is 7.42. The molecular weight excluding hydrogens is 394 g/mol. The molecule has 158 valence electrons. The molecule has 9 nitrogen and oxygen atoms in total. The van der Waals surface area contributed by atoms with Crippen LogP contribution in [0.3, 0.4) is 0 Å². The van der Waals surface area contributed by atoms with Gasteiger partial charge >= 0.3 is 0 Å². The van der Waals surface area contributed by atoms with Crippen LogP contribution >= 0.6 is 0 Å². The summed E-state index contributed by atoms with van der Waals surface area (Å²) in [4.78, 5) is 17.1. The molecule has 1 fully saturated rings. The standard InChI is InChI=1S/C22H23N7O2/c1-12-8-18-14(11-23-27-18)9-17(12)25-22-26-20(28-29(22)2)13-4-7-16(19(10-13)31-3)21(30)24-15-5-6-15/h4,7-11,15H,5-6H2,1-3H3,(H,23,27)(H,24,30)(H,25,26,28). The molecule has 0 unspecified atom stereocenters. The monoisotopic (exact) mass is 417 g/mol. The minimum atomic E-state index is -0.118. The molecule has 0 saturated heterocycles. The van der Waals surface area contributed by atoms with Crippen molar-refractivity contribution in [3.05, 3.63) is 47.7 Å². The highest BCUT2D eigenvalue weighted by molar-refractivity contribution is 5.98. The minimum absolute atomic E-state index is 0.118. The van der Waals surface area contributed by atoms with E-state index in [0.717, 1.165) is 40.6 Å². The van der Waals surface area contributed by atoms with Crippen LogP contribution in [0.25, 0.3) is 22.3 Å². The highest BCUT2D eigenvalue weighted by Crippen LogP contribution is 2.29. The van der Waals surface area contributed by atoms with Gasteiger partial charge in [-0.1, -0.05) is 6.07 Å². The van der Waals surface area contributed by atoms with E-state index in [0.29, 0.717) is 23.1 Å². The molecule has 4 aromatic rings. The first-order valence-corrected chi connectivity index (χ1v) is 10.1. The number of carbonyl (C=O) groups is 1. The van der Waals surface area contributed by atoms with Gasteiger partial charge in [-0.15, -0.1) is 5.10 Å². The Kier molecular flexibility index (Phi) is 4.58. The Bertz CT molecular complexity index is 1290. The zero-order chi connectivity index (χ0) is 21.5. The quantitative estimate of drug-likeness (QED) is 0.444. The predicted octanol–water partition coefficient (Wildman–Crippen LogP) is 3.31. The first-order valence-electron chi connectivity index (χ1n) is 10.1. The molecule has 2 aromatic carbocycles. The highest BCUT2D eigenvalue weighted by Gasteiger charge is 2.25. The number of methoxy groups -OCH3 is 1. The van der Waals surface area contributed by atoms with E-state index in [2.05, 4.69) is 30.9 Å². The second-order valence-electron chi connectivity index (χ2n) is 7.79. The third-order valence-electron chi connectivity index (χ3n) is 5.41. The van der Waals surface area contributed by atoms with Crippen molar-refractivity contribution in [3.8, 4) is 17.1 Å². The van der Waals surface area contributed by atoms with Crippen LogP contribution in [0, 0.1) is 6.92 Å². The van der Waals surface area contributed by atoms with Gasteiger partial charge in [0.05, 0.1) is 24.4 Å². The summed E-state index contributed by atoms with van der Waals surface area (Å²) in [6.07, 6.45) is 3.86. The van der Waals surface area contributed by atoms with E-state index in [-0.39, 0.29) is 11.9 Å². The number of aromatic nitrogens is 5. The van der Waals surface area contributed by atoms with Crippen LogP contribution in [-0.2, 0) is 7.05 Å². The molecule has 0 radical (unpaired) electrons. The Hall–Kier alpha value is -3.88. The van der Waals surface area contributed by atoms with Crippen molar-refractivity contribution in [3.63, 3.8) is 0 Å². The molecule has 2 aromatic heterocycles. The van der Waals surface area contributed by atoms with Crippen molar-refractivity contribution in [1.82, 2.24) is 30.3 Å². The van der Waals surface area contributed by atoms with Gasteiger partial charge in [-0.2, -0.15) is 10.1 Å². The molecule has 1 saturated carbocycles. The number of hydrogen-bond acceptors (Lipinski definition) is 6. The number of nitrogens with one attached hydrogen (secondary N) is 3. The minimum Gasteiger partial charge on any atom is -0.496 e. The average Bonchev–Trinajstić information content (AvgIpc) is 3.34. The van der Waals surface area contributed by atoms with E-state index in [9.17, 15) is 4.79 Å². The van der Waals surface area contributed by atoms with Gasteiger partial charge < -0.3 is 15.4 Å². The smallest absolute Gasteiger partial charge is 0.255 e. The van der Waals surface area contributed by atoms with Gasteiger partial charge in [0.1, 0.15) is 5.75 Å². The van der Waals surface area contributed by atoms with E-state index in [1.807, 2.05) is 32.2 Å². The number of rotatable bonds is 6. The topological polar surface area (TPSA) is 110 Å². The molecule has 5 rings (SSSR count). The molecule has 9 heteroatoms. The average molecular weight is 417 g/mol. The lowest BCUT2D eigenvalue weighted by atomic mass is 10.1. The third kappa shape index (κ3) is 3.70. The van der Waals surface area contributed by atoms with Crippen molar-refractivity contribution in [2.75, 3.05) is 12.4 Å². The molecular formula is C22H23N7O2. The van der Waals surface area contributed by atoms with Crippen LogP contribution in [0.15, 0.2) is 36.5 Å². The van der Waals surface area contributed by atoms with Gasteiger partial charge in [0.25, 0.3) is 5.91 Å². The fourth-order valence-electron chi connectivity index (χ4n) is 3.48. The van der Waals surface area contributed by atoms with Crippen molar-refractivity contribution in [2.24, 2.45) is 7.05 Å². The van der Waals surface area contributed by atoms with Crippen LogP contribution in [-0.4, -0.2) is 44.0 Å². The number of aromatic amines is 1. The second-order valence-corrected chi connectivity index (χ2v) is 7.79. The lowest BCUT2D eigenvalue weighted by Gasteiger charge is -2.10. The van der Waals surface area contributed by atoms with Crippen LogP contribution in [0.4, 0.5) is 11.6 Å². The van der Waals surface area contributed by atoms with Crippen molar-refractivity contribution in [1.29, 1.82) is 0 Å². The Morgan fingerprint density at radius 1 is 1.26 bits per heavy atom. The van der Waals surface area contributed by atoms with Gasteiger partial charge in [0.2, 0.25) is 5.95 Å². The number of hydrogen-bond donors (Lipinski definition) is 3. The maximum absolute atomic E-state index is 12.4. The Labute approximate surface area is 178 Å². The summed E-state index contributed by atoms with van der Waals surface area (Å²) in [5.74, 6) is 1.53. The predicted molar refractivity (Wildman–Crippen MR) is 118 cm³/mol. The number of nitrogens with zero attached hydrogens (tertiary/aromatic N) is 4. The van der Waals surface area contributed by atoms with Gasteiger partial charge in [-0.25, -0.2) is 4.68 Å². The molecule has 0 atom stereocenters. The molecule has 31 heavy (non-hydrogen) atoms. The van der Waals surface area contributed by atoms with Crippen LogP contribution in [0.5, 0.6) is 5.75 Å². The van der Waals surface area contributed by atoms with E-state index in [1.165, 1.54) is 0 Å². The maximum atomic E-state index is 12.4. The van der Waals surface area contributed by atoms with Crippen molar-refractivity contribution >= 4 is 28.4 Å². The Morgan fingerprint density at radius 3 is 2.87 bits per heavy atom. The van der Waals surface area contributed by atoms with E-state index < -0.39 is 0 Å². The molecule has 2 heterocycles. The molecule has 0 bridgehead atoms. The number of benzene rings is 2. The van der Waals surface area contributed by atoms with Gasteiger partial charge in [-0.05, 0) is 49.6 Å². The molecule has 3 N–H and O–H groups in total. The SMILES string of the molecule is COc1cc(-c2nc(Nc3cc4cn[nH]c4cc3C)n(C)n2)ccc1C(=O)NC1CC1. The molecule has 0 spiro atoms. The number of anilines is 2. The zero-order valence-electron chi connectivity index (χ0n) is 17.6. The number of aryl methyl sites for hydroxylation is 2. The summed E-state index contributed by atoms with van der Waals surface area (Å²) in [7, 11) is 3.39. The number of ether oxygens (including phenoxy) is 1. The van der Waals surface area contributed by atoms with Crippen molar-refractivity contribution < 1.29 is 9.53 Å². The van der Waals surface area contributed by atoms with E-state index in [1.54, 1.807) is 30.1 Å². The number of fused-ring (bicyclic) bond motifs is 1. The van der Waals surface area contributed by atoms with Gasteiger partial charge in [0, 0.05) is 29.7 Å². The number of carbonyl (C=O) groups excluding carboxylic acids is 1. The Morgan fingerprint density at radius 2 is 2.10 bits per heavy atom. The molecule has 0 aliphatic heterocycles. The lowest BCUT2D eigenvalue weighted by Crippen LogP contribution is -2.25. The highest BCUT2D eigenvalue weighted by atomic mass is 16.5. The zero-order valence-corrected chi connectivity index (χ0v) is 17.6. The van der Waals surface area contributed by atoms with Crippen molar-refractivity contribution in [2.45, 2.75) is 25.8 Å². The summed E-state index contributed by atoms with van der Waals surface area (Å²) in [5.41, 5.74) is 4.26. The fraction of sp³-hybridized carbons (Fsp3) is 0.273. The van der Waals surface area contributed by atoms with E-state index >= 15 is 0 Å². The van der Waals surface area contributed by atoms with Crippen LogP contribution < -0.4 is 15.4 Å². The summed E-state index contributed by atoms with van der Waals surface area (Å²) in [6.45, 7) is 2.02. The molecule has 1 aliphatic rings. The van der Waals surface area contributed by atoms with Gasteiger partial charge in [-0.3, -0.25) is 9.89 Å². The molecule has 1 aliphatic carbocycles. The summed E-state index contributed by atoms with van der Waals surface area (Å²) >= 11 is 0. The molecule has 1 amide bonds.